The summed E-state index contributed by atoms with van der Waals surface area (Å²) in [4.78, 5) is 14.0. The van der Waals surface area contributed by atoms with Crippen LogP contribution < -0.4 is 10.6 Å². The van der Waals surface area contributed by atoms with E-state index in [4.69, 9.17) is 0 Å². The zero-order valence-corrected chi connectivity index (χ0v) is 11.0. The maximum Gasteiger partial charge on any atom is 0.315 e. The smallest absolute Gasteiger partial charge is 0.315 e. The number of rotatable bonds is 3. The van der Waals surface area contributed by atoms with Gasteiger partial charge in [0.2, 0.25) is 0 Å². The van der Waals surface area contributed by atoms with E-state index in [1.54, 1.807) is 0 Å². The van der Waals surface area contributed by atoms with Gasteiger partial charge in [-0.3, -0.25) is 4.90 Å². The van der Waals surface area contributed by atoms with Crippen molar-refractivity contribution in [3.8, 4) is 0 Å². The zero-order chi connectivity index (χ0) is 12.2. The molecule has 0 spiro atoms. The molecule has 0 aromatic carbocycles. The van der Waals surface area contributed by atoms with Crippen molar-refractivity contribution >= 4 is 6.03 Å². The molecule has 1 aliphatic heterocycles. The molecule has 1 heterocycles. The Hall–Kier alpha value is -0.770. The molecule has 0 aromatic rings. The topological polar surface area (TPSA) is 44.4 Å². The molecular weight excluding hydrogens is 202 g/mol. The highest BCUT2D eigenvalue weighted by Gasteiger charge is 2.23. The Kier molecular flexibility index (Phi) is 4.59. The van der Waals surface area contributed by atoms with Crippen molar-refractivity contribution in [1.82, 2.24) is 15.5 Å². The van der Waals surface area contributed by atoms with Gasteiger partial charge >= 0.3 is 6.03 Å². The third kappa shape index (κ3) is 4.39. The van der Waals surface area contributed by atoms with Gasteiger partial charge in [0.05, 0.1) is 0 Å². The minimum absolute atomic E-state index is 0.0598. The number of amides is 2. The quantitative estimate of drug-likeness (QED) is 0.768. The SMILES string of the molecule is CCN1CCCC1CNC(=O)NC(C)(C)C. The second kappa shape index (κ2) is 5.53. The van der Waals surface area contributed by atoms with E-state index in [1.165, 1.54) is 19.4 Å². The van der Waals surface area contributed by atoms with E-state index >= 15 is 0 Å². The van der Waals surface area contributed by atoms with Crippen molar-refractivity contribution in [2.75, 3.05) is 19.6 Å². The average molecular weight is 227 g/mol. The lowest BCUT2D eigenvalue weighted by Gasteiger charge is -2.25. The van der Waals surface area contributed by atoms with E-state index < -0.39 is 0 Å². The predicted molar refractivity (Wildman–Crippen MR) is 66.6 cm³/mol. The number of nitrogens with zero attached hydrogens (tertiary/aromatic N) is 1. The van der Waals surface area contributed by atoms with Gasteiger partial charge in [0, 0.05) is 18.1 Å². The summed E-state index contributed by atoms with van der Waals surface area (Å²) in [6.07, 6.45) is 2.45. The first-order valence-electron chi connectivity index (χ1n) is 6.22. The monoisotopic (exact) mass is 227 g/mol. The molecule has 0 aromatic heterocycles. The zero-order valence-electron chi connectivity index (χ0n) is 11.0. The highest BCUT2D eigenvalue weighted by Crippen LogP contribution is 2.15. The molecule has 94 valence electrons. The summed E-state index contributed by atoms with van der Waals surface area (Å²) in [7, 11) is 0. The van der Waals surface area contributed by atoms with Gasteiger partial charge in [0.25, 0.3) is 0 Å². The van der Waals surface area contributed by atoms with Crippen LogP contribution in [0.15, 0.2) is 0 Å². The summed E-state index contributed by atoms with van der Waals surface area (Å²) in [6, 6.07) is 0.464. The lowest BCUT2D eigenvalue weighted by molar-refractivity contribution is 0.221. The maximum absolute atomic E-state index is 11.6. The first-order chi connectivity index (χ1) is 7.42. The minimum Gasteiger partial charge on any atom is -0.337 e. The van der Waals surface area contributed by atoms with Crippen LogP contribution in [0.1, 0.15) is 40.5 Å². The van der Waals surface area contributed by atoms with Crippen molar-refractivity contribution < 1.29 is 4.79 Å². The second-order valence-electron chi connectivity index (χ2n) is 5.51. The average Bonchev–Trinajstić information content (AvgIpc) is 2.59. The molecule has 0 aliphatic carbocycles. The third-order valence-corrected chi connectivity index (χ3v) is 2.89. The number of likely N-dealkylation sites (N-methyl/N-ethyl adjacent to an activating group) is 1. The molecule has 0 radical (unpaired) electrons. The Bertz CT molecular complexity index is 235. The van der Waals surface area contributed by atoms with Crippen LogP contribution in [0.4, 0.5) is 4.79 Å². The van der Waals surface area contributed by atoms with Crippen molar-refractivity contribution in [3.05, 3.63) is 0 Å². The molecule has 2 N–H and O–H groups in total. The Labute approximate surface area is 98.8 Å². The van der Waals surface area contributed by atoms with Crippen LogP contribution in [0.3, 0.4) is 0 Å². The number of carbonyl (C=O) groups is 1. The Morgan fingerprint density at radius 1 is 1.44 bits per heavy atom. The predicted octanol–water partition coefficient (Wildman–Crippen LogP) is 1.57. The van der Waals surface area contributed by atoms with Crippen molar-refractivity contribution in [2.24, 2.45) is 0 Å². The highest BCUT2D eigenvalue weighted by molar-refractivity contribution is 5.74. The molecule has 2 amide bonds. The fraction of sp³-hybridized carbons (Fsp3) is 0.917. The van der Waals surface area contributed by atoms with Gasteiger partial charge < -0.3 is 10.6 Å². The normalized spacial score (nSPS) is 22.1. The van der Waals surface area contributed by atoms with E-state index in [9.17, 15) is 4.79 Å². The Balaban J connectivity index is 2.26. The summed E-state index contributed by atoms with van der Waals surface area (Å²) in [5.41, 5.74) is -0.162. The van der Waals surface area contributed by atoms with Crippen molar-refractivity contribution in [3.63, 3.8) is 0 Å². The molecule has 1 aliphatic rings. The summed E-state index contributed by atoms with van der Waals surface area (Å²) < 4.78 is 0. The van der Waals surface area contributed by atoms with Crippen LogP contribution in [0.25, 0.3) is 0 Å². The van der Waals surface area contributed by atoms with Crippen molar-refractivity contribution in [1.29, 1.82) is 0 Å². The lowest BCUT2D eigenvalue weighted by Crippen LogP contribution is -2.49. The lowest BCUT2D eigenvalue weighted by atomic mass is 10.1. The van der Waals surface area contributed by atoms with Gasteiger partial charge in [-0.25, -0.2) is 4.79 Å². The molecule has 4 heteroatoms. The number of likely N-dealkylation sites (tertiary alicyclic amines) is 1. The van der Waals surface area contributed by atoms with Gasteiger partial charge in [-0.15, -0.1) is 0 Å². The number of carbonyl (C=O) groups excluding carboxylic acids is 1. The van der Waals surface area contributed by atoms with Gasteiger partial charge in [-0.05, 0) is 46.7 Å². The Morgan fingerprint density at radius 2 is 2.12 bits per heavy atom. The van der Waals surface area contributed by atoms with E-state index in [-0.39, 0.29) is 11.6 Å². The van der Waals surface area contributed by atoms with E-state index in [0.29, 0.717) is 6.04 Å². The van der Waals surface area contributed by atoms with Crippen LogP contribution in [-0.2, 0) is 0 Å². The van der Waals surface area contributed by atoms with Gasteiger partial charge in [-0.2, -0.15) is 0 Å². The number of urea groups is 1. The number of hydrogen-bond acceptors (Lipinski definition) is 2. The van der Waals surface area contributed by atoms with Crippen LogP contribution in [-0.4, -0.2) is 42.1 Å². The molecule has 1 unspecified atom stereocenters. The fourth-order valence-electron chi connectivity index (χ4n) is 2.14. The number of hydrogen-bond donors (Lipinski definition) is 2. The fourth-order valence-corrected chi connectivity index (χ4v) is 2.14. The first kappa shape index (κ1) is 13.3. The van der Waals surface area contributed by atoms with Crippen LogP contribution in [0.5, 0.6) is 0 Å². The molecule has 1 fully saturated rings. The standard InChI is InChI=1S/C12H25N3O/c1-5-15-8-6-7-10(15)9-13-11(16)14-12(2,3)4/h10H,5-9H2,1-4H3,(H2,13,14,16). The van der Waals surface area contributed by atoms with E-state index in [1.807, 2.05) is 20.8 Å². The first-order valence-corrected chi connectivity index (χ1v) is 6.22. The summed E-state index contributed by atoms with van der Waals surface area (Å²) in [5.74, 6) is 0. The molecule has 4 nitrogen and oxygen atoms in total. The van der Waals surface area contributed by atoms with Crippen LogP contribution in [0, 0.1) is 0 Å². The molecule has 1 rings (SSSR count). The second-order valence-corrected chi connectivity index (χ2v) is 5.51. The van der Waals surface area contributed by atoms with Crippen molar-refractivity contribution in [2.45, 2.75) is 52.1 Å². The molecular formula is C12H25N3O. The molecule has 0 saturated carbocycles. The molecule has 0 bridgehead atoms. The minimum atomic E-state index is -0.162. The highest BCUT2D eigenvalue weighted by atomic mass is 16.2. The number of nitrogens with one attached hydrogen (secondary N) is 2. The van der Waals surface area contributed by atoms with Gasteiger partial charge in [-0.1, -0.05) is 6.92 Å². The van der Waals surface area contributed by atoms with Crippen LogP contribution >= 0.6 is 0 Å². The third-order valence-electron chi connectivity index (χ3n) is 2.89. The van der Waals surface area contributed by atoms with Gasteiger partial charge in [0.1, 0.15) is 0 Å². The van der Waals surface area contributed by atoms with Gasteiger partial charge in [0.15, 0.2) is 0 Å². The molecule has 16 heavy (non-hydrogen) atoms. The van der Waals surface area contributed by atoms with E-state index in [0.717, 1.165) is 13.1 Å². The summed E-state index contributed by atoms with van der Waals surface area (Å²) >= 11 is 0. The van der Waals surface area contributed by atoms with Crippen LogP contribution in [0.2, 0.25) is 0 Å². The maximum atomic E-state index is 11.6. The largest absolute Gasteiger partial charge is 0.337 e. The van der Waals surface area contributed by atoms with E-state index in [2.05, 4.69) is 22.5 Å². The summed E-state index contributed by atoms with van der Waals surface area (Å²) in [5, 5.41) is 5.86. The molecule has 1 saturated heterocycles. The molecule has 1 atom stereocenters. The summed E-state index contributed by atoms with van der Waals surface area (Å²) in [6.45, 7) is 11.1. The Morgan fingerprint density at radius 3 is 2.69 bits per heavy atom.